The minimum atomic E-state index is -0.259. The maximum absolute atomic E-state index is 12.7. The lowest BCUT2D eigenvalue weighted by atomic mass is 10.3. The highest BCUT2D eigenvalue weighted by Gasteiger charge is 2.00. The third-order valence-corrected chi connectivity index (χ3v) is 2.33. The molecular formula is C11H9BrFN3. The van der Waals surface area contributed by atoms with Gasteiger partial charge in [-0.3, -0.25) is 0 Å². The molecule has 1 heterocycles. The topological polar surface area (TPSA) is 37.8 Å². The second kappa shape index (κ2) is 4.57. The van der Waals surface area contributed by atoms with Crippen LogP contribution >= 0.6 is 15.9 Å². The molecule has 0 saturated carbocycles. The molecule has 0 radical (unpaired) electrons. The maximum Gasteiger partial charge on any atom is 0.135 e. The van der Waals surface area contributed by atoms with Gasteiger partial charge in [0.25, 0.3) is 0 Å². The van der Waals surface area contributed by atoms with E-state index in [-0.39, 0.29) is 5.82 Å². The summed E-state index contributed by atoms with van der Waals surface area (Å²) in [6, 6.07) is 7.86. The van der Waals surface area contributed by atoms with Gasteiger partial charge in [0.05, 0.1) is 0 Å². The van der Waals surface area contributed by atoms with Gasteiger partial charge < -0.3 is 5.32 Å². The zero-order valence-corrected chi connectivity index (χ0v) is 10.1. The average molecular weight is 282 g/mol. The van der Waals surface area contributed by atoms with Gasteiger partial charge in [0.15, 0.2) is 0 Å². The molecular weight excluding hydrogens is 273 g/mol. The van der Waals surface area contributed by atoms with Crippen LogP contribution in [0, 0.1) is 12.7 Å². The van der Waals surface area contributed by atoms with Gasteiger partial charge in [-0.1, -0.05) is 0 Å². The van der Waals surface area contributed by atoms with Crippen LogP contribution in [0.1, 0.15) is 5.82 Å². The predicted molar refractivity (Wildman–Crippen MR) is 64.2 cm³/mol. The molecule has 0 bridgehead atoms. The fourth-order valence-corrected chi connectivity index (χ4v) is 1.75. The van der Waals surface area contributed by atoms with Crippen molar-refractivity contribution in [2.75, 3.05) is 5.32 Å². The van der Waals surface area contributed by atoms with E-state index in [0.29, 0.717) is 16.2 Å². The fraction of sp³-hybridized carbons (Fsp3) is 0.0909. The Morgan fingerprint density at radius 1 is 1.19 bits per heavy atom. The average Bonchev–Trinajstić information content (AvgIpc) is 2.20. The van der Waals surface area contributed by atoms with E-state index in [1.54, 1.807) is 25.1 Å². The van der Waals surface area contributed by atoms with Crippen LogP contribution in [0.25, 0.3) is 0 Å². The number of rotatable bonds is 2. The van der Waals surface area contributed by atoms with Gasteiger partial charge in [0.2, 0.25) is 0 Å². The molecule has 0 aliphatic carbocycles. The van der Waals surface area contributed by atoms with Gasteiger partial charge in [-0.2, -0.15) is 0 Å². The molecule has 2 aromatic rings. The highest BCUT2D eigenvalue weighted by atomic mass is 79.9. The molecule has 1 aromatic carbocycles. The van der Waals surface area contributed by atoms with Crippen molar-refractivity contribution in [1.82, 2.24) is 9.97 Å². The quantitative estimate of drug-likeness (QED) is 0.857. The van der Waals surface area contributed by atoms with Gasteiger partial charge in [0, 0.05) is 11.8 Å². The van der Waals surface area contributed by atoms with E-state index < -0.39 is 0 Å². The van der Waals surface area contributed by atoms with Crippen LogP contribution in [0.15, 0.2) is 34.9 Å². The highest BCUT2D eigenvalue weighted by Crippen LogP contribution is 2.17. The second-order valence-corrected chi connectivity index (χ2v) is 4.07. The number of hydrogen-bond acceptors (Lipinski definition) is 3. The predicted octanol–water partition coefficient (Wildman–Crippen LogP) is 3.43. The maximum atomic E-state index is 12.7. The number of aromatic nitrogens is 2. The smallest absolute Gasteiger partial charge is 0.135 e. The minimum Gasteiger partial charge on any atom is -0.340 e. The normalized spacial score (nSPS) is 10.2. The Balaban J connectivity index is 2.23. The van der Waals surface area contributed by atoms with E-state index in [9.17, 15) is 4.39 Å². The number of anilines is 2. The Kier molecular flexibility index (Phi) is 3.14. The summed E-state index contributed by atoms with van der Waals surface area (Å²) in [7, 11) is 0. The Morgan fingerprint density at radius 2 is 1.88 bits per heavy atom. The molecule has 16 heavy (non-hydrogen) atoms. The first-order valence-corrected chi connectivity index (χ1v) is 5.46. The van der Waals surface area contributed by atoms with Gasteiger partial charge in [0.1, 0.15) is 22.1 Å². The molecule has 0 aliphatic rings. The molecule has 0 unspecified atom stereocenters. The first-order valence-electron chi connectivity index (χ1n) is 4.67. The molecule has 2 rings (SSSR count). The van der Waals surface area contributed by atoms with Crippen molar-refractivity contribution in [2.45, 2.75) is 6.92 Å². The Hall–Kier alpha value is -1.49. The Bertz CT molecular complexity index is 479. The largest absolute Gasteiger partial charge is 0.340 e. The summed E-state index contributed by atoms with van der Waals surface area (Å²) in [5, 5.41) is 3.06. The lowest BCUT2D eigenvalue weighted by molar-refractivity contribution is 0.628. The summed E-state index contributed by atoms with van der Waals surface area (Å²) in [6.45, 7) is 1.81. The molecule has 0 atom stereocenters. The first-order chi connectivity index (χ1) is 7.63. The lowest BCUT2D eigenvalue weighted by Gasteiger charge is -2.06. The monoisotopic (exact) mass is 281 g/mol. The van der Waals surface area contributed by atoms with E-state index in [1.165, 1.54) is 12.1 Å². The Morgan fingerprint density at radius 3 is 2.50 bits per heavy atom. The van der Waals surface area contributed by atoms with Crippen molar-refractivity contribution in [3.8, 4) is 0 Å². The van der Waals surface area contributed by atoms with Crippen LogP contribution in [0.3, 0.4) is 0 Å². The molecule has 1 aromatic heterocycles. The summed E-state index contributed by atoms with van der Waals surface area (Å²) >= 11 is 3.29. The Labute approximate surface area is 101 Å². The first kappa shape index (κ1) is 11.0. The number of benzene rings is 1. The van der Waals surface area contributed by atoms with Crippen molar-refractivity contribution in [3.05, 3.63) is 46.6 Å². The van der Waals surface area contributed by atoms with Crippen molar-refractivity contribution in [3.63, 3.8) is 0 Å². The van der Waals surface area contributed by atoms with Crippen molar-refractivity contribution < 1.29 is 4.39 Å². The van der Waals surface area contributed by atoms with Gasteiger partial charge >= 0.3 is 0 Å². The summed E-state index contributed by atoms with van der Waals surface area (Å²) in [5.41, 5.74) is 0.784. The standard InChI is InChI=1S/C11H9BrFN3/c1-7-14-10(12)6-11(15-7)16-9-4-2-8(13)3-5-9/h2-6H,1H3,(H,14,15,16). The number of hydrogen-bond donors (Lipinski definition) is 1. The summed E-state index contributed by atoms with van der Waals surface area (Å²) in [4.78, 5) is 8.30. The lowest BCUT2D eigenvalue weighted by Crippen LogP contribution is -1.97. The van der Waals surface area contributed by atoms with Crippen molar-refractivity contribution >= 4 is 27.4 Å². The molecule has 0 fully saturated rings. The van der Waals surface area contributed by atoms with E-state index in [1.807, 2.05) is 0 Å². The van der Waals surface area contributed by atoms with E-state index in [0.717, 1.165) is 5.69 Å². The summed E-state index contributed by atoms with van der Waals surface area (Å²) < 4.78 is 13.4. The fourth-order valence-electron chi connectivity index (χ4n) is 1.28. The highest BCUT2D eigenvalue weighted by molar-refractivity contribution is 9.10. The van der Waals surface area contributed by atoms with E-state index >= 15 is 0 Å². The number of nitrogens with one attached hydrogen (secondary N) is 1. The summed E-state index contributed by atoms with van der Waals surface area (Å²) in [6.07, 6.45) is 0. The number of nitrogens with zero attached hydrogens (tertiary/aromatic N) is 2. The van der Waals surface area contributed by atoms with Gasteiger partial charge in [-0.05, 0) is 47.1 Å². The number of aryl methyl sites for hydroxylation is 1. The van der Waals surface area contributed by atoms with Crippen LogP contribution in [0.5, 0.6) is 0 Å². The van der Waals surface area contributed by atoms with E-state index in [4.69, 9.17) is 0 Å². The minimum absolute atomic E-state index is 0.259. The molecule has 0 amide bonds. The second-order valence-electron chi connectivity index (χ2n) is 3.26. The van der Waals surface area contributed by atoms with Crippen LogP contribution in [-0.4, -0.2) is 9.97 Å². The zero-order chi connectivity index (χ0) is 11.5. The molecule has 1 N–H and O–H groups in total. The van der Waals surface area contributed by atoms with E-state index in [2.05, 4.69) is 31.2 Å². The number of halogens is 2. The van der Waals surface area contributed by atoms with Crippen LogP contribution in [-0.2, 0) is 0 Å². The molecule has 3 nitrogen and oxygen atoms in total. The molecule has 82 valence electrons. The van der Waals surface area contributed by atoms with Crippen LogP contribution in [0.4, 0.5) is 15.9 Å². The third-order valence-electron chi connectivity index (χ3n) is 1.92. The van der Waals surface area contributed by atoms with Crippen molar-refractivity contribution in [2.24, 2.45) is 0 Å². The molecule has 0 saturated heterocycles. The third kappa shape index (κ3) is 2.76. The zero-order valence-electron chi connectivity index (χ0n) is 8.54. The van der Waals surface area contributed by atoms with Gasteiger partial charge in [-0.25, -0.2) is 14.4 Å². The van der Waals surface area contributed by atoms with Crippen LogP contribution < -0.4 is 5.32 Å². The van der Waals surface area contributed by atoms with Crippen LogP contribution in [0.2, 0.25) is 0 Å². The SMILES string of the molecule is Cc1nc(Br)cc(Nc2ccc(F)cc2)n1. The summed E-state index contributed by atoms with van der Waals surface area (Å²) in [5.74, 6) is 1.08. The molecule has 5 heteroatoms. The van der Waals surface area contributed by atoms with Crippen molar-refractivity contribution in [1.29, 1.82) is 0 Å². The molecule has 0 spiro atoms. The van der Waals surface area contributed by atoms with Gasteiger partial charge in [-0.15, -0.1) is 0 Å². The molecule has 0 aliphatic heterocycles.